The zero-order chi connectivity index (χ0) is 9.07. The first-order valence-electron chi connectivity index (χ1n) is 3.12. The zero-order valence-electron chi connectivity index (χ0n) is 5.98. The molecule has 0 spiro atoms. The highest BCUT2D eigenvalue weighted by Crippen LogP contribution is 2.32. The maximum Gasteiger partial charge on any atom is 0.306 e. The van der Waals surface area contributed by atoms with Crippen LogP contribution in [0.3, 0.4) is 0 Å². The summed E-state index contributed by atoms with van der Waals surface area (Å²) < 4.78 is -1.33. The molecular weight excluding hydrogens is 210 g/mol. The van der Waals surface area contributed by atoms with Gasteiger partial charge in [-0.1, -0.05) is 41.7 Å². The van der Waals surface area contributed by atoms with Crippen molar-refractivity contribution in [1.29, 1.82) is 0 Å². The number of hydrogen-bond acceptors (Lipinski definition) is 1. The van der Waals surface area contributed by atoms with E-state index in [4.69, 9.17) is 39.9 Å². The fourth-order valence-corrected chi connectivity index (χ4v) is 0.831. The summed E-state index contributed by atoms with van der Waals surface area (Å²) in [5.74, 6) is -1.31. The second-order valence-corrected chi connectivity index (χ2v) is 4.91. The second kappa shape index (κ2) is 4.39. The molecule has 66 valence electrons. The van der Waals surface area contributed by atoms with E-state index in [0.29, 0.717) is 6.42 Å². The van der Waals surface area contributed by atoms with Gasteiger partial charge in [-0.25, -0.2) is 0 Å². The summed E-state index contributed by atoms with van der Waals surface area (Å²) in [5, 5.41) is 8.45. The average Bonchev–Trinajstić information content (AvgIpc) is 1.80. The molecule has 0 fully saturated rings. The number of carboxylic acids is 1. The van der Waals surface area contributed by atoms with E-state index in [2.05, 4.69) is 0 Å². The maximum absolute atomic E-state index is 10.3. The van der Waals surface area contributed by atoms with Crippen LogP contribution in [0.4, 0.5) is 0 Å². The monoisotopic (exact) mass is 218 g/mol. The maximum atomic E-state index is 10.3. The second-order valence-electron chi connectivity index (χ2n) is 2.39. The van der Waals surface area contributed by atoms with Crippen molar-refractivity contribution < 1.29 is 9.90 Å². The van der Waals surface area contributed by atoms with Crippen molar-refractivity contribution >= 4 is 40.8 Å². The number of carbonyl (C=O) groups is 1. The van der Waals surface area contributed by atoms with Crippen molar-refractivity contribution in [1.82, 2.24) is 0 Å². The number of halogens is 3. The molecule has 0 aromatic heterocycles. The minimum Gasteiger partial charge on any atom is -0.481 e. The molecule has 0 aliphatic heterocycles. The number of alkyl halides is 3. The Morgan fingerprint density at radius 2 is 2.00 bits per heavy atom. The molecule has 2 nitrogen and oxygen atoms in total. The summed E-state index contributed by atoms with van der Waals surface area (Å²) in [5.41, 5.74) is 0. The van der Waals surface area contributed by atoms with Crippen LogP contribution in [-0.2, 0) is 4.79 Å². The van der Waals surface area contributed by atoms with Gasteiger partial charge < -0.3 is 5.11 Å². The highest BCUT2D eigenvalue weighted by Gasteiger charge is 2.22. The van der Waals surface area contributed by atoms with E-state index in [1.54, 1.807) is 6.92 Å². The van der Waals surface area contributed by atoms with Crippen LogP contribution in [0.5, 0.6) is 0 Å². The molecular formula is C6H9Cl3O2. The van der Waals surface area contributed by atoms with Crippen molar-refractivity contribution in [2.24, 2.45) is 5.92 Å². The zero-order valence-corrected chi connectivity index (χ0v) is 8.25. The van der Waals surface area contributed by atoms with E-state index in [1.165, 1.54) is 0 Å². The number of aliphatic carboxylic acids is 1. The van der Waals surface area contributed by atoms with E-state index in [9.17, 15) is 4.79 Å². The predicted octanol–water partition coefficient (Wildman–Crippen LogP) is 2.86. The van der Waals surface area contributed by atoms with Gasteiger partial charge in [-0.3, -0.25) is 4.79 Å². The van der Waals surface area contributed by atoms with Gasteiger partial charge in [-0.05, 0) is 12.8 Å². The normalized spacial score (nSPS) is 14.5. The molecule has 0 saturated heterocycles. The molecule has 0 rings (SSSR count). The largest absolute Gasteiger partial charge is 0.481 e. The van der Waals surface area contributed by atoms with Crippen LogP contribution >= 0.6 is 34.8 Å². The first kappa shape index (κ1) is 11.3. The lowest BCUT2D eigenvalue weighted by Gasteiger charge is -2.11. The van der Waals surface area contributed by atoms with Crippen molar-refractivity contribution in [3.05, 3.63) is 0 Å². The molecule has 0 heterocycles. The Morgan fingerprint density at radius 3 is 2.27 bits per heavy atom. The summed E-state index contributed by atoms with van der Waals surface area (Å²) >= 11 is 16.3. The Balaban J connectivity index is 3.63. The summed E-state index contributed by atoms with van der Waals surface area (Å²) in [6.45, 7) is 1.58. The SMILES string of the molecule is C[C@@H](CCC(Cl)(Cl)Cl)C(=O)O. The van der Waals surface area contributed by atoms with Crippen LogP contribution in [0, 0.1) is 5.92 Å². The third-order valence-corrected chi connectivity index (χ3v) is 1.85. The van der Waals surface area contributed by atoms with Crippen LogP contribution in [-0.4, -0.2) is 14.9 Å². The van der Waals surface area contributed by atoms with Gasteiger partial charge in [0.2, 0.25) is 0 Å². The molecule has 0 bridgehead atoms. The molecule has 11 heavy (non-hydrogen) atoms. The average molecular weight is 219 g/mol. The Morgan fingerprint density at radius 1 is 1.55 bits per heavy atom. The summed E-state index contributed by atoms with van der Waals surface area (Å²) in [4.78, 5) is 10.3. The topological polar surface area (TPSA) is 37.3 Å². The Kier molecular flexibility index (Phi) is 4.52. The predicted molar refractivity (Wildman–Crippen MR) is 46.3 cm³/mol. The van der Waals surface area contributed by atoms with Crippen LogP contribution in [0.2, 0.25) is 0 Å². The van der Waals surface area contributed by atoms with Gasteiger partial charge in [0.15, 0.2) is 3.79 Å². The molecule has 0 saturated carbocycles. The van der Waals surface area contributed by atoms with Gasteiger partial charge in [-0.15, -0.1) is 0 Å². The number of hydrogen-bond donors (Lipinski definition) is 1. The number of carboxylic acid groups (broad SMARTS) is 1. The van der Waals surface area contributed by atoms with Crippen LogP contribution in [0.1, 0.15) is 19.8 Å². The molecule has 0 unspecified atom stereocenters. The molecule has 0 amide bonds. The molecule has 1 atom stereocenters. The van der Waals surface area contributed by atoms with Gasteiger partial charge in [-0.2, -0.15) is 0 Å². The highest BCUT2D eigenvalue weighted by molar-refractivity contribution is 6.67. The summed E-state index contributed by atoms with van der Waals surface area (Å²) in [6, 6.07) is 0. The van der Waals surface area contributed by atoms with Gasteiger partial charge in [0.05, 0.1) is 5.92 Å². The van der Waals surface area contributed by atoms with Crippen LogP contribution < -0.4 is 0 Å². The van der Waals surface area contributed by atoms with Gasteiger partial charge in [0.1, 0.15) is 0 Å². The van der Waals surface area contributed by atoms with E-state index in [0.717, 1.165) is 0 Å². The van der Waals surface area contributed by atoms with Crippen molar-refractivity contribution in [3.8, 4) is 0 Å². The van der Waals surface area contributed by atoms with Gasteiger partial charge in [0.25, 0.3) is 0 Å². The van der Waals surface area contributed by atoms with Crippen LogP contribution in [0.15, 0.2) is 0 Å². The third kappa shape index (κ3) is 6.73. The van der Waals surface area contributed by atoms with E-state index < -0.39 is 15.7 Å². The molecule has 0 aromatic rings. The molecule has 1 N–H and O–H groups in total. The Bertz CT molecular complexity index is 141. The van der Waals surface area contributed by atoms with E-state index in [-0.39, 0.29) is 6.42 Å². The Hall–Kier alpha value is 0.340. The third-order valence-electron chi connectivity index (χ3n) is 1.28. The minimum atomic E-state index is -1.33. The summed E-state index contributed by atoms with van der Waals surface area (Å²) in [7, 11) is 0. The molecule has 0 radical (unpaired) electrons. The van der Waals surface area contributed by atoms with Crippen molar-refractivity contribution in [2.45, 2.75) is 23.6 Å². The molecule has 0 aliphatic rings. The standard InChI is InChI=1S/C6H9Cl3O2/c1-4(5(10)11)2-3-6(7,8)9/h4H,2-3H2,1H3,(H,10,11)/t4-/m0/s1. The smallest absolute Gasteiger partial charge is 0.306 e. The van der Waals surface area contributed by atoms with Crippen molar-refractivity contribution in [2.75, 3.05) is 0 Å². The first-order chi connectivity index (χ1) is 4.83. The minimum absolute atomic E-state index is 0.269. The first-order valence-corrected chi connectivity index (χ1v) is 4.26. The molecule has 0 aliphatic carbocycles. The lowest BCUT2D eigenvalue weighted by atomic mass is 10.1. The van der Waals surface area contributed by atoms with Gasteiger partial charge >= 0.3 is 5.97 Å². The van der Waals surface area contributed by atoms with E-state index in [1.807, 2.05) is 0 Å². The lowest BCUT2D eigenvalue weighted by molar-refractivity contribution is -0.141. The molecule has 0 aromatic carbocycles. The quantitative estimate of drug-likeness (QED) is 0.741. The number of rotatable bonds is 3. The Labute approximate surface area is 80.4 Å². The lowest BCUT2D eigenvalue weighted by Crippen LogP contribution is -2.13. The van der Waals surface area contributed by atoms with Gasteiger partial charge in [0, 0.05) is 0 Å². The fourth-order valence-electron chi connectivity index (χ4n) is 0.504. The van der Waals surface area contributed by atoms with Crippen LogP contribution in [0.25, 0.3) is 0 Å². The summed E-state index contributed by atoms with van der Waals surface area (Å²) in [6.07, 6.45) is 0.650. The highest BCUT2D eigenvalue weighted by atomic mass is 35.6. The fraction of sp³-hybridized carbons (Fsp3) is 0.833. The molecule has 5 heteroatoms. The van der Waals surface area contributed by atoms with E-state index >= 15 is 0 Å². The van der Waals surface area contributed by atoms with Crippen molar-refractivity contribution in [3.63, 3.8) is 0 Å².